The molecular formula is C9H18O2S. The molecule has 12 heavy (non-hydrogen) atoms. The third-order valence-electron chi connectivity index (χ3n) is 2.13. The first-order chi connectivity index (χ1) is 5.86. The van der Waals surface area contributed by atoms with Crippen LogP contribution in [0.1, 0.15) is 19.8 Å². The second-order valence-corrected chi connectivity index (χ2v) is 3.70. The van der Waals surface area contributed by atoms with Gasteiger partial charge in [0.1, 0.15) is 6.10 Å². The molecule has 3 heteroatoms. The van der Waals surface area contributed by atoms with Crippen molar-refractivity contribution in [2.75, 3.05) is 25.6 Å². The maximum atomic E-state index is 5.61. The van der Waals surface area contributed by atoms with Crippen LogP contribution in [0.4, 0.5) is 0 Å². The fourth-order valence-corrected chi connectivity index (χ4v) is 1.51. The number of hydrogen-bond acceptors (Lipinski definition) is 3. The van der Waals surface area contributed by atoms with Crippen molar-refractivity contribution in [3.8, 4) is 0 Å². The second-order valence-electron chi connectivity index (χ2n) is 3.33. The fourth-order valence-electron chi connectivity index (χ4n) is 1.22. The highest BCUT2D eigenvalue weighted by molar-refractivity contribution is 7.80. The molecule has 0 amide bonds. The van der Waals surface area contributed by atoms with Gasteiger partial charge in [0.2, 0.25) is 0 Å². The Morgan fingerprint density at radius 1 is 1.58 bits per heavy atom. The van der Waals surface area contributed by atoms with Crippen LogP contribution in [0, 0.1) is 5.92 Å². The van der Waals surface area contributed by atoms with Crippen molar-refractivity contribution in [3.63, 3.8) is 0 Å². The first kappa shape index (κ1) is 10.4. The Bertz CT molecular complexity index is 115. The molecule has 0 bridgehead atoms. The number of thiol groups is 1. The second kappa shape index (κ2) is 5.84. The van der Waals surface area contributed by atoms with E-state index in [1.807, 2.05) is 0 Å². The lowest BCUT2D eigenvalue weighted by Crippen LogP contribution is -2.37. The Labute approximate surface area is 80.0 Å². The largest absolute Gasteiger partial charge is 0.376 e. The van der Waals surface area contributed by atoms with Crippen LogP contribution in [0.3, 0.4) is 0 Å². The van der Waals surface area contributed by atoms with Crippen LogP contribution in [0.15, 0.2) is 0 Å². The molecule has 0 aromatic carbocycles. The van der Waals surface area contributed by atoms with Gasteiger partial charge in [0.05, 0.1) is 19.8 Å². The van der Waals surface area contributed by atoms with Gasteiger partial charge >= 0.3 is 0 Å². The van der Waals surface area contributed by atoms with E-state index in [0.717, 1.165) is 25.6 Å². The Morgan fingerprint density at radius 3 is 2.75 bits per heavy atom. The molecule has 1 unspecified atom stereocenters. The Morgan fingerprint density at radius 2 is 2.33 bits per heavy atom. The van der Waals surface area contributed by atoms with Crippen molar-refractivity contribution in [3.05, 3.63) is 0 Å². The summed E-state index contributed by atoms with van der Waals surface area (Å²) in [5.74, 6) is 1.56. The van der Waals surface area contributed by atoms with Crippen molar-refractivity contribution in [2.24, 2.45) is 5.92 Å². The minimum absolute atomic E-state index is 0.365. The molecule has 1 aliphatic heterocycles. The van der Waals surface area contributed by atoms with E-state index >= 15 is 0 Å². The van der Waals surface area contributed by atoms with E-state index in [2.05, 4.69) is 19.6 Å². The van der Waals surface area contributed by atoms with Crippen LogP contribution >= 0.6 is 12.6 Å². The summed E-state index contributed by atoms with van der Waals surface area (Å²) in [5, 5.41) is 0. The maximum Gasteiger partial charge on any atom is 0.104 e. The smallest absolute Gasteiger partial charge is 0.104 e. The highest BCUT2D eigenvalue weighted by atomic mass is 32.1. The van der Waals surface area contributed by atoms with E-state index in [-0.39, 0.29) is 0 Å². The molecule has 1 saturated heterocycles. The van der Waals surface area contributed by atoms with E-state index in [9.17, 15) is 0 Å². The summed E-state index contributed by atoms with van der Waals surface area (Å²) >= 11 is 4.29. The summed E-state index contributed by atoms with van der Waals surface area (Å²) in [7, 11) is 0. The zero-order chi connectivity index (χ0) is 8.81. The van der Waals surface area contributed by atoms with Crippen molar-refractivity contribution >= 4 is 12.6 Å². The topological polar surface area (TPSA) is 18.5 Å². The van der Waals surface area contributed by atoms with Crippen molar-refractivity contribution in [1.29, 1.82) is 0 Å². The monoisotopic (exact) mass is 190 g/mol. The van der Waals surface area contributed by atoms with Gasteiger partial charge in [-0.2, -0.15) is 12.6 Å². The van der Waals surface area contributed by atoms with Crippen molar-refractivity contribution in [2.45, 2.75) is 25.9 Å². The molecule has 72 valence electrons. The maximum absolute atomic E-state index is 5.61. The molecule has 2 nitrogen and oxygen atoms in total. The summed E-state index contributed by atoms with van der Waals surface area (Å²) in [6.45, 7) is 4.62. The van der Waals surface area contributed by atoms with Crippen molar-refractivity contribution < 1.29 is 9.47 Å². The molecule has 1 rings (SSSR count). The molecule has 0 spiro atoms. The SMILES string of the molecule is CCCC(CS)COC1COC1. The van der Waals surface area contributed by atoms with Gasteiger partial charge in [-0.3, -0.25) is 0 Å². The molecular weight excluding hydrogens is 172 g/mol. The van der Waals surface area contributed by atoms with Crippen molar-refractivity contribution in [1.82, 2.24) is 0 Å². The summed E-state index contributed by atoms with van der Waals surface area (Å²) in [6.07, 6.45) is 2.80. The minimum Gasteiger partial charge on any atom is -0.376 e. The predicted octanol–water partition coefficient (Wildman–Crippen LogP) is 1.75. The highest BCUT2D eigenvalue weighted by Crippen LogP contribution is 2.12. The third kappa shape index (κ3) is 3.33. The molecule has 1 atom stereocenters. The van der Waals surface area contributed by atoms with Gasteiger partial charge in [-0.05, 0) is 18.1 Å². The first-order valence-corrected chi connectivity index (χ1v) is 5.30. The molecule has 0 aromatic rings. The lowest BCUT2D eigenvalue weighted by atomic mass is 10.1. The Balaban J connectivity index is 2.01. The molecule has 0 saturated carbocycles. The fraction of sp³-hybridized carbons (Fsp3) is 1.00. The molecule has 0 radical (unpaired) electrons. The third-order valence-corrected chi connectivity index (χ3v) is 2.65. The quantitative estimate of drug-likeness (QED) is 0.643. The normalized spacial score (nSPS) is 20.5. The predicted molar refractivity (Wildman–Crippen MR) is 52.8 cm³/mol. The number of hydrogen-bond donors (Lipinski definition) is 1. The molecule has 1 fully saturated rings. The Hall–Kier alpha value is 0.270. The van der Waals surface area contributed by atoms with Crippen LogP contribution < -0.4 is 0 Å². The summed E-state index contributed by atoms with van der Waals surface area (Å²) in [5.41, 5.74) is 0. The minimum atomic E-state index is 0.365. The Kier molecular flexibility index (Phi) is 5.04. The van der Waals surface area contributed by atoms with Gasteiger partial charge in [0, 0.05) is 0 Å². The average molecular weight is 190 g/mol. The van der Waals surface area contributed by atoms with E-state index < -0.39 is 0 Å². The summed E-state index contributed by atoms with van der Waals surface area (Å²) in [6, 6.07) is 0. The van der Waals surface area contributed by atoms with Crippen LogP contribution in [-0.2, 0) is 9.47 Å². The van der Waals surface area contributed by atoms with E-state index in [1.54, 1.807) is 0 Å². The van der Waals surface area contributed by atoms with Gasteiger partial charge in [0.25, 0.3) is 0 Å². The van der Waals surface area contributed by atoms with Crippen LogP contribution in [0.2, 0.25) is 0 Å². The molecule has 0 N–H and O–H groups in total. The van der Waals surface area contributed by atoms with Gasteiger partial charge in [-0.1, -0.05) is 13.3 Å². The average Bonchev–Trinajstić information content (AvgIpc) is 2.00. The summed E-state index contributed by atoms with van der Waals surface area (Å²) < 4.78 is 10.6. The number of rotatable bonds is 6. The highest BCUT2D eigenvalue weighted by Gasteiger charge is 2.19. The van der Waals surface area contributed by atoms with Crippen LogP contribution in [0.5, 0.6) is 0 Å². The zero-order valence-corrected chi connectivity index (χ0v) is 8.56. The molecule has 1 heterocycles. The first-order valence-electron chi connectivity index (χ1n) is 4.67. The van der Waals surface area contributed by atoms with Gasteiger partial charge in [0.15, 0.2) is 0 Å². The lowest BCUT2D eigenvalue weighted by Gasteiger charge is -2.27. The lowest BCUT2D eigenvalue weighted by molar-refractivity contribution is -0.135. The van der Waals surface area contributed by atoms with E-state index in [1.165, 1.54) is 12.8 Å². The van der Waals surface area contributed by atoms with E-state index in [0.29, 0.717) is 12.0 Å². The summed E-state index contributed by atoms with van der Waals surface area (Å²) in [4.78, 5) is 0. The van der Waals surface area contributed by atoms with E-state index in [4.69, 9.17) is 9.47 Å². The van der Waals surface area contributed by atoms with Crippen LogP contribution in [0.25, 0.3) is 0 Å². The molecule has 0 aliphatic carbocycles. The standard InChI is InChI=1S/C9H18O2S/c1-2-3-8(7-12)4-11-9-5-10-6-9/h8-9,12H,2-7H2,1H3. The van der Waals surface area contributed by atoms with Gasteiger partial charge in [-0.25, -0.2) is 0 Å². The van der Waals surface area contributed by atoms with Gasteiger partial charge < -0.3 is 9.47 Å². The van der Waals surface area contributed by atoms with Crippen LogP contribution in [-0.4, -0.2) is 31.7 Å². The van der Waals surface area contributed by atoms with Gasteiger partial charge in [-0.15, -0.1) is 0 Å². The zero-order valence-electron chi connectivity index (χ0n) is 7.66. The molecule has 0 aromatic heterocycles. The number of ether oxygens (including phenoxy) is 2. The molecule has 1 aliphatic rings.